The average molecular weight is 332 g/mol. The molecule has 2 aromatic rings. The quantitative estimate of drug-likeness (QED) is 0.884. The van der Waals surface area contributed by atoms with Gasteiger partial charge in [-0.25, -0.2) is 13.1 Å². The number of rotatable bonds is 5. The Balaban J connectivity index is 2.14. The van der Waals surface area contributed by atoms with Gasteiger partial charge in [0.2, 0.25) is 15.9 Å². The summed E-state index contributed by atoms with van der Waals surface area (Å²) in [6, 6.07) is 13.4. The lowest BCUT2D eigenvalue weighted by Crippen LogP contribution is -2.26. The Morgan fingerprint density at radius 3 is 2.09 bits per heavy atom. The molecular weight excluding hydrogens is 312 g/mol. The van der Waals surface area contributed by atoms with E-state index in [-0.39, 0.29) is 16.8 Å². The maximum atomic E-state index is 12.4. The summed E-state index contributed by atoms with van der Waals surface area (Å²) in [6.07, 6.45) is 0. The first-order chi connectivity index (χ1) is 10.8. The molecule has 1 amide bonds. The second kappa shape index (κ2) is 6.93. The fraction of sp³-hybridized carbons (Fsp3) is 0.235. The second-order valence-electron chi connectivity index (χ2n) is 5.46. The highest BCUT2D eigenvalue weighted by Gasteiger charge is 2.18. The number of hydrogen-bond donors (Lipinski definition) is 2. The number of nitrogens with one attached hydrogen (secondary N) is 2. The summed E-state index contributed by atoms with van der Waals surface area (Å²) in [7, 11) is -3.63. The molecule has 23 heavy (non-hydrogen) atoms. The molecule has 2 aromatic carbocycles. The van der Waals surface area contributed by atoms with Crippen LogP contribution in [0.1, 0.15) is 31.0 Å². The molecule has 0 aliphatic carbocycles. The largest absolute Gasteiger partial charge is 0.326 e. The van der Waals surface area contributed by atoms with Crippen molar-refractivity contribution in [2.45, 2.75) is 31.7 Å². The second-order valence-corrected chi connectivity index (χ2v) is 7.17. The van der Waals surface area contributed by atoms with E-state index in [0.29, 0.717) is 5.69 Å². The van der Waals surface area contributed by atoms with E-state index < -0.39 is 10.0 Å². The van der Waals surface area contributed by atoms with Crippen molar-refractivity contribution in [1.29, 1.82) is 0 Å². The van der Waals surface area contributed by atoms with E-state index in [2.05, 4.69) is 10.0 Å². The predicted molar refractivity (Wildman–Crippen MR) is 90.7 cm³/mol. The number of carbonyl (C=O) groups excluding carboxylic acids is 1. The Bertz CT molecular complexity index is 782. The standard InChI is InChI=1S/C17H20N2O3S/c1-12-4-6-15(7-5-12)13(2)19-23(21,22)17-10-8-16(9-11-17)18-14(3)20/h4-11,13,19H,1-3H3,(H,18,20)/t13-/m1/s1. The Morgan fingerprint density at radius 2 is 1.57 bits per heavy atom. The van der Waals surface area contributed by atoms with E-state index >= 15 is 0 Å². The molecule has 0 aliphatic heterocycles. The average Bonchev–Trinajstić information content (AvgIpc) is 2.47. The molecule has 1 atom stereocenters. The van der Waals surface area contributed by atoms with Crippen LogP contribution in [-0.4, -0.2) is 14.3 Å². The van der Waals surface area contributed by atoms with Crippen LogP contribution in [0.25, 0.3) is 0 Å². The Kier molecular flexibility index (Phi) is 5.18. The van der Waals surface area contributed by atoms with Gasteiger partial charge in [0.05, 0.1) is 4.90 Å². The van der Waals surface area contributed by atoms with Gasteiger partial charge in [-0.1, -0.05) is 29.8 Å². The van der Waals surface area contributed by atoms with Gasteiger partial charge in [-0.2, -0.15) is 0 Å². The first-order valence-electron chi connectivity index (χ1n) is 7.24. The minimum absolute atomic E-state index is 0.158. The van der Waals surface area contributed by atoms with Gasteiger partial charge in [0.25, 0.3) is 0 Å². The normalized spacial score (nSPS) is 12.7. The molecule has 0 unspecified atom stereocenters. The van der Waals surface area contributed by atoms with Gasteiger partial charge in [0.1, 0.15) is 0 Å². The van der Waals surface area contributed by atoms with E-state index in [4.69, 9.17) is 0 Å². The molecule has 0 aliphatic rings. The molecule has 6 heteroatoms. The molecule has 0 fully saturated rings. The first kappa shape index (κ1) is 17.2. The summed E-state index contributed by atoms with van der Waals surface area (Å²) >= 11 is 0. The molecule has 0 heterocycles. The van der Waals surface area contributed by atoms with Gasteiger partial charge in [0.15, 0.2) is 0 Å². The minimum atomic E-state index is -3.63. The summed E-state index contributed by atoms with van der Waals surface area (Å²) in [6.45, 7) is 5.18. The zero-order chi connectivity index (χ0) is 17.0. The number of anilines is 1. The van der Waals surface area contributed by atoms with E-state index in [9.17, 15) is 13.2 Å². The van der Waals surface area contributed by atoms with Crippen LogP contribution in [0.15, 0.2) is 53.4 Å². The van der Waals surface area contributed by atoms with E-state index in [1.54, 1.807) is 19.1 Å². The number of benzene rings is 2. The van der Waals surface area contributed by atoms with Crippen LogP contribution in [0.5, 0.6) is 0 Å². The van der Waals surface area contributed by atoms with E-state index in [1.807, 2.05) is 31.2 Å². The summed E-state index contributed by atoms with van der Waals surface area (Å²) in [5.74, 6) is -0.202. The molecule has 0 saturated heterocycles. The maximum Gasteiger partial charge on any atom is 0.241 e. The van der Waals surface area contributed by atoms with Crippen LogP contribution in [0.3, 0.4) is 0 Å². The van der Waals surface area contributed by atoms with Crippen molar-refractivity contribution < 1.29 is 13.2 Å². The van der Waals surface area contributed by atoms with Crippen molar-refractivity contribution in [2.75, 3.05) is 5.32 Å². The van der Waals surface area contributed by atoms with Gasteiger partial charge < -0.3 is 5.32 Å². The summed E-state index contributed by atoms with van der Waals surface area (Å²) < 4.78 is 27.5. The van der Waals surface area contributed by atoms with E-state index in [1.165, 1.54) is 19.1 Å². The van der Waals surface area contributed by atoms with Crippen LogP contribution < -0.4 is 10.0 Å². The van der Waals surface area contributed by atoms with Crippen molar-refractivity contribution in [3.05, 3.63) is 59.7 Å². The van der Waals surface area contributed by atoms with Gasteiger partial charge >= 0.3 is 0 Å². The fourth-order valence-electron chi connectivity index (χ4n) is 2.14. The van der Waals surface area contributed by atoms with Crippen LogP contribution in [0.2, 0.25) is 0 Å². The summed E-state index contributed by atoms with van der Waals surface area (Å²) in [5.41, 5.74) is 2.58. The number of carbonyl (C=O) groups is 1. The SMILES string of the molecule is CC(=O)Nc1ccc(S(=O)(=O)N[C@H](C)c2ccc(C)cc2)cc1. The summed E-state index contributed by atoms with van der Waals surface area (Å²) in [5, 5.41) is 2.60. The molecule has 5 nitrogen and oxygen atoms in total. The van der Waals surface area contributed by atoms with Gasteiger partial charge in [-0.15, -0.1) is 0 Å². The highest BCUT2D eigenvalue weighted by molar-refractivity contribution is 7.89. The molecule has 122 valence electrons. The number of aryl methyl sites for hydroxylation is 1. The van der Waals surface area contributed by atoms with Crippen molar-refractivity contribution in [2.24, 2.45) is 0 Å². The van der Waals surface area contributed by atoms with Crippen LogP contribution in [0, 0.1) is 6.92 Å². The number of amides is 1. The minimum Gasteiger partial charge on any atom is -0.326 e. The topological polar surface area (TPSA) is 75.3 Å². The monoisotopic (exact) mass is 332 g/mol. The molecule has 0 bridgehead atoms. The highest BCUT2D eigenvalue weighted by Crippen LogP contribution is 2.19. The van der Waals surface area contributed by atoms with Crippen LogP contribution in [0.4, 0.5) is 5.69 Å². The molecular formula is C17H20N2O3S. The van der Waals surface area contributed by atoms with Crippen molar-refractivity contribution in [3.63, 3.8) is 0 Å². The van der Waals surface area contributed by atoms with Crippen molar-refractivity contribution >= 4 is 21.6 Å². The fourth-order valence-corrected chi connectivity index (χ4v) is 3.38. The lowest BCUT2D eigenvalue weighted by atomic mass is 10.1. The van der Waals surface area contributed by atoms with Crippen molar-refractivity contribution in [1.82, 2.24) is 4.72 Å². The summed E-state index contributed by atoms with van der Waals surface area (Å²) in [4.78, 5) is 11.1. The highest BCUT2D eigenvalue weighted by atomic mass is 32.2. The lowest BCUT2D eigenvalue weighted by Gasteiger charge is -2.15. The van der Waals surface area contributed by atoms with Gasteiger partial charge in [0, 0.05) is 18.7 Å². The molecule has 2 N–H and O–H groups in total. The Morgan fingerprint density at radius 1 is 1.00 bits per heavy atom. The number of hydrogen-bond acceptors (Lipinski definition) is 3. The molecule has 2 rings (SSSR count). The third kappa shape index (κ3) is 4.64. The Labute approximate surface area is 136 Å². The van der Waals surface area contributed by atoms with Gasteiger partial charge in [-0.3, -0.25) is 4.79 Å². The van der Waals surface area contributed by atoms with Crippen LogP contribution in [-0.2, 0) is 14.8 Å². The first-order valence-corrected chi connectivity index (χ1v) is 8.73. The smallest absolute Gasteiger partial charge is 0.241 e. The molecule has 0 spiro atoms. The Hall–Kier alpha value is -2.18. The third-order valence-electron chi connectivity index (χ3n) is 3.39. The third-order valence-corrected chi connectivity index (χ3v) is 4.95. The zero-order valence-corrected chi connectivity index (χ0v) is 14.1. The van der Waals surface area contributed by atoms with Crippen LogP contribution >= 0.6 is 0 Å². The maximum absolute atomic E-state index is 12.4. The van der Waals surface area contributed by atoms with Gasteiger partial charge in [-0.05, 0) is 43.7 Å². The predicted octanol–water partition coefficient (Wildman–Crippen LogP) is 2.99. The number of sulfonamides is 1. The zero-order valence-electron chi connectivity index (χ0n) is 13.3. The molecule has 0 radical (unpaired) electrons. The van der Waals surface area contributed by atoms with Crippen molar-refractivity contribution in [3.8, 4) is 0 Å². The molecule has 0 aromatic heterocycles. The lowest BCUT2D eigenvalue weighted by molar-refractivity contribution is -0.114. The van der Waals surface area contributed by atoms with E-state index in [0.717, 1.165) is 11.1 Å². The molecule has 0 saturated carbocycles.